The molecule has 0 aliphatic heterocycles. The van der Waals surface area contributed by atoms with Crippen LogP contribution in [0.4, 0.5) is 0 Å². The molecule has 1 unspecified atom stereocenters. The van der Waals surface area contributed by atoms with Crippen molar-refractivity contribution in [1.29, 1.82) is 0 Å². The second-order valence-corrected chi connectivity index (χ2v) is 4.43. The molecule has 3 heteroatoms. The molecular weight excluding hydrogens is 212 g/mol. The zero-order valence-corrected chi connectivity index (χ0v) is 10.7. The van der Waals surface area contributed by atoms with Crippen LogP contribution in [0.15, 0.2) is 24.3 Å². The largest absolute Gasteiger partial charge is 0.352 e. The fourth-order valence-electron chi connectivity index (χ4n) is 1.86. The average Bonchev–Trinajstić information content (AvgIpc) is 2.33. The maximum Gasteiger partial charge on any atom is 0.224 e. The van der Waals surface area contributed by atoms with E-state index in [0.29, 0.717) is 13.1 Å². The first kappa shape index (κ1) is 13.7. The van der Waals surface area contributed by atoms with Crippen molar-refractivity contribution in [1.82, 2.24) is 5.32 Å². The number of amides is 1. The minimum atomic E-state index is -0.0511. The number of benzene rings is 1. The first-order valence-corrected chi connectivity index (χ1v) is 6.20. The quantitative estimate of drug-likeness (QED) is 0.791. The maximum atomic E-state index is 11.8. The van der Waals surface area contributed by atoms with Gasteiger partial charge in [0.25, 0.3) is 0 Å². The summed E-state index contributed by atoms with van der Waals surface area (Å²) in [7, 11) is 0. The van der Waals surface area contributed by atoms with Crippen molar-refractivity contribution in [2.45, 2.75) is 33.2 Å². The molecule has 3 N–H and O–H groups in total. The Morgan fingerprint density at radius 1 is 1.47 bits per heavy atom. The van der Waals surface area contributed by atoms with Crippen LogP contribution in [0.1, 0.15) is 30.9 Å². The average molecular weight is 234 g/mol. The molecule has 0 aliphatic rings. The molecule has 0 spiro atoms. The van der Waals surface area contributed by atoms with Crippen LogP contribution < -0.4 is 11.1 Å². The number of carbonyl (C=O) groups excluding carboxylic acids is 1. The van der Waals surface area contributed by atoms with Gasteiger partial charge in [-0.2, -0.15) is 0 Å². The van der Waals surface area contributed by atoms with E-state index in [2.05, 4.69) is 18.3 Å². The van der Waals surface area contributed by atoms with Gasteiger partial charge in [-0.05, 0) is 18.9 Å². The second-order valence-electron chi connectivity index (χ2n) is 4.43. The van der Waals surface area contributed by atoms with Gasteiger partial charge >= 0.3 is 0 Å². The van der Waals surface area contributed by atoms with Gasteiger partial charge in [0.1, 0.15) is 0 Å². The van der Waals surface area contributed by atoms with E-state index in [9.17, 15) is 4.79 Å². The van der Waals surface area contributed by atoms with E-state index in [4.69, 9.17) is 5.73 Å². The summed E-state index contributed by atoms with van der Waals surface area (Å²) in [6, 6.07) is 8.15. The summed E-state index contributed by atoms with van der Waals surface area (Å²) in [5.41, 5.74) is 7.93. The van der Waals surface area contributed by atoms with Gasteiger partial charge in [0, 0.05) is 13.1 Å². The molecule has 1 aromatic rings. The van der Waals surface area contributed by atoms with Crippen molar-refractivity contribution < 1.29 is 4.79 Å². The maximum absolute atomic E-state index is 11.8. The van der Waals surface area contributed by atoms with Crippen LogP contribution in [-0.4, -0.2) is 12.5 Å². The molecule has 1 aromatic carbocycles. The van der Waals surface area contributed by atoms with E-state index >= 15 is 0 Å². The number of carbonyl (C=O) groups is 1. The van der Waals surface area contributed by atoms with Crippen molar-refractivity contribution in [2.24, 2.45) is 11.7 Å². The second kappa shape index (κ2) is 7.07. The molecule has 3 nitrogen and oxygen atoms in total. The standard InChI is InChI=1S/C14H22N2O/c1-3-5-13(9-15)14(17)16-10-12-7-4-6-11(2)8-12/h4,6-8,13H,3,5,9-10,15H2,1-2H3,(H,16,17). The van der Waals surface area contributed by atoms with Crippen LogP contribution in [0.2, 0.25) is 0 Å². The third kappa shape index (κ3) is 4.57. The highest BCUT2D eigenvalue weighted by Crippen LogP contribution is 2.06. The molecule has 0 aromatic heterocycles. The molecule has 94 valence electrons. The summed E-state index contributed by atoms with van der Waals surface area (Å²) in [5.74, 6) is 0.0145. The molecular formula is C14H22N2O. The zero-order valence-electron chi connectivity index (χ0n) is 10.7. The molecule has 0 radical (unpaired) electrons. The topological polar surface area (TPSA) is 55.1 Å². The molecule has 1 rings (SSSR count). The normalized spacial score (nSPS) is 12.2. The lowest BCUT2D eigenvalue weighted by atomic mass is 10.0. The zero-order chi connectivity index (χ0) is 12.7. The molecule has 1 atom stereocenters. The molecule has 17 heavy (non-hydrogen) atoms. The number of aryl methyl sites for hydroxylation is 1. The van der Waals surface area contributed by atoms with Gasteiger partial charge in [-0.25, -0.2) is 0 Å². The summed E-state index contributed by atoms with van der Waals surface area (Å²) >= 11 is 0. The fourth-order valence-corrected chi connectivity index (χ4v) is 1.86. The highest BCUT2D eigenvalue weighted by atomic mass is 16.1. The molecule has 0 fully saturated rings. The fraction of sp³-hybridized carbons (Fsp3) is 0.500. The van der Waals surface area contributed by atoms with Crippen LogP contribution in [-0.2, 0) is 11.3 Å². The highest BCUT2D eigenvalue weighted by Gasteiger charge is 2.14. The minimum absolute atomic E-state index is 0.0511. The van der Waals surface area contributed by atoms with E-state index in [-0.39, 0.29) is 11.8 Å². The third-order valence-electron chi connectivity index (χ3n) is 2.84. The van der Waals surface area contributed by atoms with E-state index in [1.165, 1.54) is 5.56 Å². The lowest BCUT2D eigenvalue weighted by Crippen LogP contribution is -2.34. The molecule has 0 saturated heterocycles. The summed E-state index contributed by atoms with van der Waals surface area (Å²) in [6.07, 6.45) is 1.84. The Hall–Kier alpha value is -1.35. The Labute approximate surface area is 103 Å². The summed E-state index contributed by atoms with van der Waals surface area (Å²) in [6.45, 7) is 5.12. The van der Waals surface area contributed by atoms with E-state index in [1.807, 2.05) is 25.1 Å². The Balaban J connectivity index is 2.47. The van der Waals surface area contributed by atoms with Gasteiger partial charge in [0.2, 0.25) is 5.91 Å². The molecule has 0 heterocycles. The minimum Gasteiger partial charge on any atom is -0.352 e. The van der Waals surface area contributed by atoms with Crippen molar-refractivity contribution in [2.75, 3.05) is 6.54 Å². The van der Waals surface area contributed by atoms with Crippen LogP contribution in [0.3, 0.4) is 0 Å². The Morgan fingerprint density at radius 3 is 2.82 bits per heavy atom. The predicted molar refractivity (Wildman–Crippen MR) is 70.5 cm³/mol. The molecule has 0 saturated carbocycles. The van der Waals surface area contributed by atoms with Gasteiger partial charge < -0.3 is 11.1 Å². The number of hydrogen-bond acceptors (Lipinski definition) is 2. The smallest absolute Gasteiger partial charge is 0.224 e. The number of rotatable bonds is 6. The van der Waals surface area contributed by atoms with Crippen molar-refractivity contribution in [3.63, 3.8) is 0 Å². The van der Waals surface area contributed by atoms with Crippen molar-refractivity contribution in [3.05, 3.63) is 35.4 Å². The van der Waals surface area contributed by atoms with E-state index in [0.717, 1.165) is 18.4 Å². The van der Waals surface area contributed by atoms with E-state index in [1.54, 1.807) is 0 Å². The third-order valence-corrected chi connectivity index (χ3v) is 2.84. The van der Waals surface area contributed by atoms with Crippen LogP contribution in [0, 0.1) is 12.8 Å². The number of nitrogens with two attached hydrogens (primary N) is 1. The van der Waals surface area contributed by atoms with Crippen molar-refractivity contribution >= 4 is 5.91 Å². The summed E-state index contributed by atoms with van der Waals surface area (Å²) in [5, 5.41) is 2.94. The SMILES string of the molecule is CCCC(CN)C(=O)NCc1cccc(C)c1. The highest BCUT2D eigenvalue weighted by molar-refractivity contribution is 5.78. The Kier molecular flexibility index (Phi) is 5.70. The summed E-state index contributed by atoms with van der Waals surface area (Å²) in [4.78, 5) is 11.8. The summed E-state index contributed by atoms with van der Waals surface area (Å²) < 4.78 is 0. The van der Waals surface area contributed by atoms with Gasteiger partial charge in [0.05, 0.1) is 5.92 Å². The monoisotopic (exact) mass is 234 g/mol. The van der Waals surface area contributed by atoms with Crippen LogP contribution >= 0.6 is 0 Å². The lowest BCUT2D eigenvalue weighted by molar-refractivity contribution is -0.125. The van der Waals surface area contributed by atoms with E-state index < -0.39 is 0 Å². The first-order valence-electron chi connectivity index (χ1n) is 6.20. The number of nitrogens with one attached hydrogen (secondary N) is 1. The molecule has 1 amide bonds. The first-order chi connectivity index (χ1) is 8.17. The van der Waals surface area contributed by atoms with Gasteiger partial charge in [0.15, 0.2) is 0 Å². The number of hydrogen-bond donors (Lipinski definition) is 2. The van der Waals surface area contributed by atoms with Gasteiger partial charge in [-0.3, -0.25) is 4.79 Å². The molecule has 0 bridgehead atoms. The molecule has 0 aliphatic carbocycles. The lowest BCUT2D eigenvalue weighted by Gasteiger charge is -2.14. The van der Waals surface area contributed by atoms with Gasteiger partial charge in [-0.15, -0.1) is 0 Å². The van der Waals surface area contributed by atoms with Crippen molar-refractivity contribution in [3.8, 4) is 0 Å². The predicted octanol–water partition coefficient (Wildman–Crippen LogP) is 1.99. The Bertz CT molecular complexity index is 363. The Morgan fingerprint density at radius 2 is 2.24 bits per heavy atom. The van der Waals surface area contributed by atoms with Gasteiger partial charge in [-0.1, -0.05) is 43.2 Å². The van der Waals surface area contributed by atoms with Crippen LogP contribution in [0.25, 0.3) is 0 Å². The van der Waals surface area contributed by atoms with Crippen LogP contribution in [0.5, 0.6) is 0 Å².